The molecule has 18 heavy (non-hydrogen) atoms. The van der Waals surface area contributed by atoms with Gasteiger partial charge in [-0.2, -0.15) is 0 Å². The molecule has 0 bridgehead atoms. The van der Waals surface area contributed by atoms with Gasteiger partial charge in [-0.3, -0.25) is 0 Å². The topological polar surface area (TPSA) is 21.3 Å². The third kappa shape index (κ3) is 2.24. The van der Waals surface area contributed by atoms with Crippen LogP contribution in [0.25, 0.3) is 0 Å². The van der Waals surface area contributed by atoms with Crippen LogP contribution in [0.15, 0.2) is 22.7 Å². The highest BCUT2D eigenvalue weighted by Crippen LogP contribution is 2.36. The molecule has 2 saturated heterocycles. The van der Waals surface area contributed by atoms with Crippen molar-refractivity contribution in [2.24, 2.45) is 0 Å². The molecule has 0 spiro atoms. The Hall–Kier alpha value is -0.380. The Balaban J connectivity index is 1.88. The summed E-state index contributed by atoms with van der Waals surface area (Å²) >= 11 is 3.75. The second kappa shape index (κ2) is 4.95. The summed E-state index contributed by atoms with van der Waals surface area (Å²) in [5.41, 5.74) is 2.96. The second-order valence-corrected chi connectivity index (χ2v) is 6.51. The predicted molar refractivity (Wildman–Crippen MR) is 76.9 cm³/mol. The van der Waals surface area contributed by atoms with Crippen LogP contribution in [-0.2, 0) is 10.3 Å². The maximum absolute atomic E-state index is 5.48. The Morgan fingerprint density at radius 1 is 1.44 bits per heavy atom. The van der Waals surface area contributed by atoms with Crippen LogP contribution in [0.5, 0.6) is 0 Å². The van der Waals surface area contributed by atoms with Gasteiger partial charge in [0.25, 0.3) is 0 Å². The first-order valence-corrected chi connectivity index (χ1v) is 7.61. The molecule has 3 rings (SSSR count). The molecule has 2 atom stereocenters. The average molecular weight is 310 g/mol. The summed E-state index contributed by atoms with van der Waals surface area (Å²) in [5, 5.41) is 3.62. The quantitative estimate of drug-likeness (QED) is 0.902. The summed E-state index contributed by atoms with van der Waals surface area (Å²) in [6.45, 7) is 5.21. The van der Waals surface area contributed by atoms with Crippen LogP contribution in [0.3, 0.4) is 0 Å². The van der Waals surface area contributed by atoms with Crippen molar-refractivity contribution in [1.29, 1.82) is 0 Å². The van der Waals surface area contributed by atoms with Crippen molar-refractivity contribution in [3.05, 3.63) is 33.8 Å². The van der Waals surface area contributed by atoms with E-state index in [0.29, 0.717) is 5.92 Å². The fourth-order valence-electron chi connectivity index (χ4n) is 3.12. The molecule has 2 nitrogen and oxygen atoms in total. The van der Waals surface area contributed by atoms with E-state index in [4.69, 9.17) is 4.74 Å². The molecule has 2 aliphatic heterocycles. The molecule has 2 fully saturated rings. The number of rotatable bonds is 2. The molecule has 1 aromatic rings. The smallest absolute Gasteiger partial charge is 0.0535 e. The van der Waals surface area contributed by atoms with Crippen molar-refractivity contribution < 1.29 is 4.74 Å². The van der Waals surface area contributed by atoms with Crippen molar-refractivity contribution in [2.45, 2.75) is 37.6 Å². The molecule has 98 valence electrons. The van der Waals surface area contributed by atoms with Crippen LogP contribution in [0, 0.1) is 0 Å². The van der Waals surface area contributed by atoms with E-state index in [1.165, 1.54) is 28.4 Å². The number of nitrogens with one attached hydrogen (secondary N) is 1. The first kappa shape index (κ1) is 12.6. The minimum Gasteiger partial charge on any atom is -0.381 e. The molecule has 1 N–H and O–H groups in total. The predicted octanol–water partition coefficient (Wildman–Crippen LogP) is 3.55. The lowest BCUT2D eigenvalue weighted by Gasteiger charge is -2.26. The lowest BCUT2D eigenvalue weighted by atomic mass is 9.88. The van der Waals surface area contributed by atoms with E-state index < -0.39 is 0 Å². The Kier molecular flexibility index (Phi) is 3.48. The van der Waals surface area contributed by atoms with Crippen molar-refractivity contribution in [2.75, 3.05) is 19.8 Å². The number of hydrogen-bond donors (Lipinski definition) is 1. The van der Waals surface area contributed by atoms with Crippen molar-refractivity contribution in [3.63, 3.8) is 0 Å². The zero-order valence-corrected chi connectivity index (χ0v) is 12.4. The van der Waals surface area contributed by atoms with E-state index in [0.717, 1.165) is 26.2 Å². The molecule has 2 unspecified atom stereocenters. The van der Waals surface area contributed by atoms with E-state index in [2.05, 4.69) is 46.4 Å². The zero-order chi connectivity index (χ0) is 12.6. The lowest BCUT2D eigenvalue weighted by Crippen LogP contribution is -2.33. The molecule has 0 amide bonds. The van der Waals surface area contributed by atoms with Gasteiger partial charge >= 0.3 is 0 Å². The van der Waals surface area contributed by atoms with Gasteiger partial charge in [-0.15, -0.1) is 0 Å². The highest BCUT2D eigenvalue weighted by molar-refractivity contribution is 9.10. The van der Waals surface area contributed by atoms with Gasteiger partial charge in [0.05, 0.1) is 6.61 Å². The summed E-state index contributed by atoms with van der Waals surface area (Å²) in [7, 11) is 0. The van der Waals surface area contributed by atoms with E-state index in [1.54, 1.807) is 0 Å². The van der Waals surface area contributed by atoms with E-state index >= 15 is 0 Å². The van der Waals surface area contributed by atoms with E-state index in [-0.39, 0.29) is 5.54 Å². The highest BCUT2D eigenvalue weighted by Gasteiger charge is 2.30. The normalized spacial score (nSPS) is 32.0. The summed E-state index contributed by atoms with van der Waals surface area (Å²) in [6, 6.07) is 6.87. The number of halogens is 1. The fourth-order valence-corrected chi connectivity index (χ4v) is 3.82. The average Bonchev–Trinajstić information content (AvgIpc) is 3.00. The van der Waals surface area contributed by atoms with E-state index in [1.807, 2.05) is 0 Å². The fraction of sp³-hybridized carbons (Fsp3) is 0.600. The Bertz CT molecular complexity index is 434. The number of hydrogen-bond acceptors (Lipinski definition) is 2. The Labute approximate surface area is 117 Å². The summed E-state index contributed by atoms with van der Waals surface area (Å²) in [4.78, 5) is 0. The third-order valence-corrected chi connectivity index (χ3v) is 5.06. The molecule has 0 aliphatic carbocycles. The highest BCUT2D eigenvalue weighted by atomic mass is 79.9. The molecule has 0 aromatic heterocycles. The largest absolute Gasteiger partial charge is 0.381 e. The first-order chi connectivity index (χ1) is 8.69. The van der Waals surface area contributed by atoms with Gasteiger partial charge < -0.3 is 10.1 Å². The first-order valence-electron chi connectivity index (χ1n) is 6.82. The van der Waals surface area contributed by atoms with Crippen LogP contribution >= 0.6 is 15.9 Å². The van der Waals surface area contributed by atoms with Gasteiger partial charge in [0, 0.05) is 22.5 Å². The van der Waals surface area contributed by atoms with Crippen molar-refractivity contribution >= 4 is 15.9 Å². The number of benzene rings is 1. The molecule has 0 saturated carbocycles. The van der Waals surface area contributed by atoms with Crippen LogP contribution in [0.1, 0.15) is 43.2 Å². The maximum atomic E-state index is 5.48. The molecular formula is C15H20BrNO. The van der Waals surface area contributed by atoms with Crippen molar-refractivity contribution in [1.82, 2.24) is 5.32 Å². The second-order valence-electron chi connectivity index (χ2n) is 5.66. The molecule has 0 radical (unpaired) electrons. The Morgan fingerprint density at radius 2 is 2.33 bits per heavy atom. The van der Waals surface area contributed by atoms with Crippen molar-refractivity contribution in [3.8, 4) is 0 Å². The van der Waals surface area contributed by atoms with Gasteiger partial charge in [-0.25, -0.2) is 0 Å². The summed E-state index contributed by atoms with van der Waals surface area (Å²) in [5.74, 6) is 0.567. The van der Waals surface area contributed by atoms with Gasteiger partial charge in [0.1, 0.15) is 0 Å². The zero-order valence-electron chi connectivity index (χ0n) is 10.8. The van der Waals surface area contributed by atoms with Gasteiger partial charge in [-0.1, -0.05) is 28.1 Å². The Morgan fingerprint density at radius 3 is 2.94 bits per heavy atom. The number of ether oxygens (including phenoxy) is 1. The minimum atomic E-state index is 0.160. The maximum Gasteiger partial charge on any atom is 0.0535 e. The lowest BCUT2D eigenvalue weighted by molar-refractivity contribution is 0.194. The molecular weight excluding hydrogens is 290 g/mol. The van der Waals surface area contributed by atoms with Crippen LogP contribution in [-0.4, -0.2) is 19.8 Å². The molecule has 2 aliphatic rings. The van der Waals surface area contributed by atoms with Gasteiger partial charge in [0.15, 0.2) is 0 Å². The summed E-state index contributed by atoms with van der Waals surface area (Å²) < 4.78 is 6.72. The van der Waals surface area contributed by atoms with Crippen LogP contribution in [0.4, 0.5) is 0 Å². The van der Waals surface area contributed by atoms with Crippen LogP contribution in [0.2, 0.25) is 0 Å². The van der Waals surface area contributed by atoms with Gasteiger partial charge in [-0.05, 0) is 49.9 Å². The third-order valence-electron chi connectivity index (χ3n) is 4.38. The molecule has 2 heterocycles. The van der Waals surface area contributed by atoms with Crippen LogP contribution < -0.4 is 5.32 Å². The van der Waals surface area contributed by atoms with E-state index in [9.17, 15) is 0 Å². The van der Waals surface area contributed by atoms with Gasteiger partial charge in [0.2, 0.25) is 0 Å². The summed E-state index contributed by atoms with van der Waals surface area (Å²) in [6.07, 6.45) is 3.64. The minimum absolute atomic E-state index is 0.160. The SMILES string of the molecule is CC1(c2ccc(C3CCOC3)c(Br)c2)CCCN1. The molecule has 1 aromatic carbocycles. The molecule has 3 heteroatoms. The monoisotopic (exact) mass is 309 g/mol. The standard InChI is InChI=1S/C15H20BrNO/c1-15(6-2-7-17-15)12-3-4-13(14(16)9-12)11-5-8-18-10-11/h3-4,9,11,17H,2,5-8,10H2,1H3.